The number of rotatable bonds is 4. The van der Waals surface area contributed by atoms with Crippen LogP contribution in [-0.2, 0) is 19.7 Å². The zero-order valence-corrected chi connectivity index (χ0v) is 20.3. The Morgan fingerprint density at radius 2 is 1.75 bits per heavy atom. The Morgan fingerprint density at radius 1 is 1.06 bits per heavy atom. The summed E-state index contributed by atoms with van der Waals surface area (Å²) in [6.07, 6.45) is 0. The van der Waals surface area contributed by atoms with Gasteiger partial charge in [-0.2, -0.15) is 10.2 Å². The van der Waals surface area contributed by atoms with Gasteiger partial charge in [-0.15, -0.1) is 11.3 Å². The van der Waals surface area contributed by atoms with Gasteiger partial charge in [-0.05, 0) is 42.8 Å². The number of aryl methyl sites for hydroxylation is 1. The molecule has 32 heavy (non-hydrogen) atoms. The van der Waals surface area contributed by atoms with E-state index in [1.165, 1.54) is 23.5 Å². The maximum atomic E-state index is 11.8. The molecule has 0 bridgehead atoms. The predicted octanol–water partition coefficient (Wildman–Crippen LogP) is -1.00. The van der Waals surface area contributed by atoms with E-state index in [1.807, 2.05) is 35.8 Å². The molecule has 0 saturated carbocycles. The van der Waals surface area contributed by atoms with E-state index >= 15 is 0 Å². The number of carbonyl (C=O) groups is 3. The molecule has 2 N–H and O–H groups in total. The average molecular weight is 481 g/mol. The molecule has 1 aliphatic heterocycles. The SMILES string of the molecule is Cc1ccc2nc(-c3ccc(N=NC4C(=O)NC(=O)NC4=O)c(S(=O)(=O)[O-])c3)sc2c1.[Na+]. The van der Waals surface area contributed by atoms with Crippen LogP contribution in [0.1, 0.15) is 5.56 Å². The summed E-state index contributed by atoms with van der Waals surface area (Å²) in [7, 11) is -4.97. The third kappa shape index (κ3) is 4.92. The van der Waals surface area contributed by atoms with Gasteiger partial charge in [0.1, 0.15) is 20.8 Å². The molecule has 0 spiro atoms. The summed E-state index contributed by atoms with van der Waals surface area (Å²) >= 11 is 1.33. The van der Waals surface area contributed by atoms with Gasteiger partial charge < -0.3 is 4.55 Å². The minimum absolute atomic E-state index is 0. The summed E-state index contributed by atoms with van der Waals surface area (Å²) in [6.45, 7) is 1.93. The van der Waals surface area contributed by atoms with Crippen molar-refractivity contribution in [3.63, 3.8) is 0 Å². The summed E-state index contributed by atoms with van der Waals surface area (Å²) in [6, 6.07) is 6.81. The molecular formula is C18H12N5NaO6S2. The molecule has 11 nitrogen and oxygen atoms in total. The Kier molecular flexibility index (Phi) is 6.88. The average Bonchev–Trinajstić information content (AvgIpc) is 3.09. The Balaban J connectivity index is 0.00000289. The van der Waals surface area contributed by atoms with E-state index in [4.69, 9.17) is 0 Å². The van der Waals surface area contributed by atoms with Crippen LogP contribution in [0.3, 0.4) is 0 Å². The molecule has 2 heterocycles. The maximum absolute atomic E-state index is 11.8. The molecule has 4 rings (SSSR count). The summed E-state index contributed by atoms with van der Waals surface area (Å²) in [4.78, 5) is 38.3. The Morgan fingerprint density at radius 3 is 2.41 bits per heavy atom. The van der Waals surface area contributed by atoms with Gasteiger partial charge in [0, 0.05) is 5.56 Å². The number of imide groups is 2. The molecular weight excluding hydrogens is 469 g/mol. The number of fused-ring (bicyclic) bond motifs is 1. The second kappa shape index (κ2) is 9.13. The van der Waals surface area contributed by atoms with Gasteiger partial charge in [0.2, 0.25) is 6.04 Å². The van der Waals surface area contributed by atoms with Crippen LogP contribution in [0.5, 0.6) is 0 Å². The van der Waals surface area contributed by atoms with Crippen molar-refractivity contribution in [2.45, 2.75) is 17.9 Å². The third-order valence-electron chi connectivity index (χ3n) is 4.27. The number of hydrogen-bond acceptors (Lipinski definition) is 10. The van der Waals surface area contributed by atoms with Crippen molar-refractivity contribution in [2.75, 3.05) is 0 Å². The van der Waals surface area contributed by atoms with Crippen LogP contribution in [0.2, 0.25) is 0 Å². The largest absolute Gasteiger partial charge is 1.00 e. The molecule has 4 amide bonds. The van der Waals surface area contributed by atoms with Gasteiger partial charge in [0.25, 0.3) is 11.8 Å². The molecule has 1 aliphatic rings. The first kappa shape index (κ1) is 24.1. The number of benzene rings is 2. The number of nitrogens with zero attached hydrogens (tertiary/aromatic N) is 3. The van der Waals surface area contributed by atoms with E-state index in [-0.39, 0.29) is 35.2 Å². The van der Waals surface area contributed by atoms with Gasteiger partial charge in [-0.1, -0.05) is 6.07 Å². The van der Waals surface area contributed by atoms with Crippen LogP contribution < -0.4 is 40.2 Å². The van der Waals surface area contributed by atoms with E-state index < -0.39 is 38.9 Å². The van der Waals surface area contributed by atoms with Crippen molar-refractivity contribution in [2.24, 2.45) is 10.2 Å². The molecule has 14 heteroatoms. The van der Waals surface area contributed by atoms with Crippen LogP contribution in [-0.4, -0.2) is 41.8 Å². The van der Waals surface area contributed by atoms with Crippen molar-refractivity contribution in [3.05, 3.63) is 42.0 Å². The number of azo groups is 1. The molecule has 0 radical (unpaired) electrons. The first-order valence-electron chi connectivity index (χ1n) is 8.66. The number of aromatic nitrogens is 1. The minimum atomic E-state index is -4.97. The monoisotopic (exact) mass is 481 g/mol. The van der Waals surface area contributed by atoms with Crippen LogP contribution in [0.4, 0.5) is 10.5 Å². The number of thiazole rings is 1. The topological polar surface area (TPSA) is 170 Å². The predicted molar refractivity (Wildman–Crippen MR) is 108 cm³/mol. The zero-order valence-electron chi connectivity index (χ0n) is 16.6. The number of hydrogen-bond donors (Lipinski definition) is 2. The molecule has 1 saturated heterocycles. The van der Waals surface area contributed by atoms with Gasteiger partial charge in [-0.3, -0.25) is 20.2 Å². The van der Waals surface area contributed by atoms with Gasteiger partial charge in [0.15, 0.2) is 0 Å². The van der Waals surface area contributed by atoms with E-state index in [9.17, 15) is 27.4 Å². The maximum Gasteiger partial charge on any atom is 1.00 e. The summed E-state index contributed by atoms with van der Waals surface area (Å²) in [5, 5.41) is 11.3. The second-order valence-corrected chi connectivity index (χ2v) is 8.93. The van der Waals surface area contributed by atoms with E-state index in [0.717, 1.165) is 21.8 Å². The van der Waals surface area contributed by atoms with E-state index in [1.54, 1.807) is 0 Å². The number of amides is 4. The Bertz CT molecular complexity index is 1380. The molecule has 0 aliphatic carbocycles. The minimum Gasteiger partial charge on any atom is -0.744 e. The molecule has 1 aromatic heterocycles. The van der Waals surface area contributed by atoms with Gasteiger partial charge in [-0.25, -0.2) is 18.2 Å². The van der Waals surface area contributed by atoms with E-state index in [2.05, 4.69) is 15.2 Å². The van der Waals surface area contributed by atoms with Crippen molar-refractivity contribution >= 4 is 55.2 Å². The summed E-state index contributed by atoms with van der Waals surface area (Å²) < 4.78 is 36.3. The quantitative estimate of drug-likeness (QED) is 0.208. The first-order valence-corrected chi connectivity index (χ1v) is 10.9. The molecule has 0 unspecified atom stereocenters. The smallest absolute Gasteiger partial charge is 0.744 e. The van der Waals surface area contributed by atoms with Crippen molar-refractivity contribution < 1.29 is 56.9 Å². The molecule has 2 aromatic carbocycles. The molecule has 3 aromatic rings. The molecule has 158 valence electrons. The fourth-order valence-electron chi connectivity index (χ4n) is 2.82. The Hall–Kier alpha value is -2.55. The number of nitrogens with one attached hydrogen (secondary N) is 2. The third-order valence-corrected chi connectivity index (χ3v) is 6.20. The Labute approximate surface area is 207 Å². The van der Waals surface area contributed by atoms with Crippen molar-refractivity contribution in [1.82, 2.24) is 15.6 Å². The van der Waals surface area contributed by atoms with Crippen LogP contribution in [0, 0.1) is 6.92 Å². The summed E-state index contributed by atoms with van der Waals surface area (Å²) in [5.74, 6) is -2.05. The number of urea groups is 1. The van der Waals surface area contributed by atoms with Gasteiger partial charge in [0.05, 0.1) is 15.1 Å². The summed E-state index contributed by atoms with van der Waals surface area (Å²) in [5.41, 5.74) is 1.79. The van der Waals surface area contributed by atoms with Crippen LogP contribution >= 0.6 is 11.3 Å². The van der Waals surface area contributed by atoms with Crippen LogP contribution in [0.15, 0.2) is 51.5 Å². The fourth-order valence-corrected chi connectivity index (χ4v) is 4.52. The second-order valence-electron chi connectivity index (χ2n) is 6.55. The normalized spacial score (nSPS) is 15.0. The first-order chi connectivity index (χ1) is 14.6. The van der Waals surface area contributed by atoms with Crippen LogP contribution in [0.25, 0.3) is 20.8 Å². The number of barbiturate groups is 1. The van der Waals surface area contributed by atoms with E-state index in [0.29, 0.717) is 10.6 Å². The number of carbonyl (C=O) groups excluding carboxylic acids is 3. The molecule has 0 atom stereocenters. The zero-order chi connectivity index (χ0) is 22.3. The molecule has 1 fully saturated rings. The van der Waals surface area contributed by atoms with Gasteiger partial charge >= 0.3 is 35.6 Å². The standard InChI is InChI=1S/C18H13N5O6S2.Na/c1-8-2-4-10-12(6-8)30-17(19-10)9-3-5-11(13(7-9)31(27,28)29)22-23-14-15(24)20-18(26)21-16(14)25;/h2-7,14H,1H3,(H,27,28,29)(H2,20,21,24,25,26);/q;+1/p-1. The fraction of sp³-hybridized carbons (Fsp3) is 0.111. The van der Waals surface area contributed by atoms with Crippen molar-refractivity contribution in [3.8, 4) is 10.6 Å². The van der Waals surface area contributed by atoms with Crippen molar-refractivity contribution in [1.29, 1.82) is 0 Å².